The minimum atomic E-state index is -1.40. The van der Waals surface area contributed by atoms with E-state index < -0.39 is 35.2 Å². The van der Waals surface area contributed by atoms with Crippen molar-refractivity contribution in [3.63, 3.8) is 0 Å². The van der Waals surface area contributed by atoms with Crippen molar-refractivity contribution in [1.29, 1.82) is 0 Å². The van der Waals surface area contributed by atoms with E-state index >= 15 is 0 Å². The Kier molecular flexibility index (Phi) is 6.41. The van der Waals surface area contributed by atoms with E-state index in [-0.39, 0.29) is 13.0 Å². The first kappa shape index (κ1) is 18.8. The molecule has 0 fully saturated rings. The SMILES string of the molecule is CC(C)(C(=O)[C@@H](N)CC(=O)OCc1ccccc1)[C@@H](N)C(=O)O. The fourth-order valence-electron chi connectivity index (χ4n) is 2.01. The molecule has 0 saturated carbocycles. The van der Waals surface area contributed by atoms with Gasteiger partial charge in [0.05, 0.1) is 17.9 Å². The van der Waals surface area contributed by atoms with Crippen LogP contribution in [0.1, 0.15) is 25.8 Å². The van der Waals surface area contributed by atoms with E-state index in [4.69, 9.17) is 21.3 Å². The molecular formula is C16H22N2O5. The number of ether oxygens (including phenoxy) is 1. The van der Waals surface area contributed by atoms with Gasteiger partial charge in [-0.3, -0.25) is 14.4 Å². The molecule has 0 amide bonds. The van der Waals surface area contributed by atoms with Crippen LogP contribution in [-0.2, 0) is 25.7 Å². The highest BCUT2D eigenvalue weighted by molar-refractivity contribution is 5.96. The van der Waals surface area contributed by atoms with E-state index in [9.17, 15) is 14.4 Å². The number of benzene rings is 1. The lowest BCUT2D eigenvalue weighted by molar-refractivity contribution is -0.149. The van der Waals surface area contributed by atoms with Gasteiger partial charge in [-0.1, -0.05) is 44.2 Å². The Morgan fingerprint density at radius 2 is 1.74 bits per heavy atom. The Balaban J connectivity index is 2.57. The normalized spacial score (nSPS) is 13.9. The average Bonchev–Trinajstić information content (AvgIpc) is 2.52. The van der Waals surface area contributed by atoms with Gasteiger partial charge in [-0.25, -0.2) is 0 Å². The molecule has 0 aromatic heterocycles. The van der Waals surface area contributed by atoms with Crippen LogP contribution in [0.15, 0.2) is 30.3 Å². The highest BCUT2D eigenvalue weighted by Crippen LogP contribution is 2.23. The average molecular weight is 322 g/mol. The minimum Gasteiger partial charge on any atom is -0.480 e. The van der Waals surface area contributed by atoms with Crippen LogP contribution in [0.3, 0.4) is 0 Å². The number of aliphatic carboxylic acids is 1. The van der Waals surface area contributed by atoms with E-state index in [1.807, 2.05) is 18.2 Å². The van der Waals surface area contributed by atoms with Crippen molar-refractivity contribution in [2.45, 2.75) is 39.0 Å². The van der Waals surface area contributed by atoms with Crippen LogP contribution in [0.2, 0.25) is 0 Å². The molecule has 0 bridgehead atoms. The Hall–Kier alpha value is -2.25. The van der Waals surface area contributed by atoms with Crippen LogP contribution in [0.4, 0.5) is 0 Å². The number of carbonyl (C=O) groups is 3. The first-order valence-corrected chi connectivity index (χ1v) is 7.14. The summed E-state index contributed by atoms with van der Waals surface area (Å²) >= 11 is 0. The van der Waals surface area contributed by atoms with Crippen molar-refractivity contribution < 1.29 is 24.2 Å². The van der Waals surface area contributed by atoms with Crippen LogP contribution in [-0.4, -0.2) is 34.9 Å². The predicted octanol–water partition coefficient (Wildman–Crippen LogP) is 0.454. The van der Waals surface area contributed by atoms with Gasteiger partial charge >= 0.3 is 11.9 Å². The number of hydrogen-bond donors (Lipinski definition) is 3. The third-order valence-electron chi connectivity index (χ3n) is 3.64. The summed E-state index contributed by atoms with van der Waals surface area (Å²) in [7, 11) is 0. The summed E-state index contributed by atoms with van der Waals surface area (Å²) < 4.78 is 5.05. The number of Topliss-reactive ketones (excluding diaryl/α,β-unsaturated/α-hetero) is 1. The number of rotatable bonds is 8. The number of hydrogen-bond acceptors (Lipinski definition) is 6. The molecule has 0 aliphatic rings. The summed E-state index contributed by atoms with van der Waals surface area (Å²) in [6.07, 6.45) is -0.332. The number of ketones is 1. The van der Waals surface area contributed by atoms with Crippen LogP contribution in [0.25, 0.3) is 0 Å². The number of carboxylic acid groups (broad SMARTS) is 1. The van der Waals surface area contributed by atoms with Crippen molar-refractivity contribution in [2.24, 2.45) is 16.9 Å². The molecule has 1 aromatic rings. The summed E-state index contributed by atoms with van der Waals surface area (Å²) in [6, 6.07) is 6.50. The zero-order chi connectivity index (χ0) is 17.6. The molecule has 0 aliphatic heterocycles. The molecule has 126 valence electrons. The lowest BCUT2D eigenvalue weighted by Gasteiger charge is -2.29. The number of esters is 1. The predicted molar refractivity (Wildman–Crippen MR) is 83.2 cm³/mol. The van der Waals surface area contributed by atoms with Gasteiger partial charge in [0.25, 0.3) is 0 Å². The zero-order valence-corrected chi connectivity index (χ0v) is 13.2. The van der Waals surface area contributed by atoms with Crippen LogP contribution in [0.5, 0.6) is 0 Å². The van der Waals surface area contributed by atoms with Gasteiger partial charge in [-0.05, 0) is 5.56 Å². The summed E-state index contributed by atoms with van der Waals surface area (Å²) in [5.74, 6) is -2.53. The Bertz CT molecular complexity index is 571. The van der Waals surface area contributed by atoms with Gasteiger partial charge in [-0.15, -0.1) is 0 Å². The van der Waals surface area contributed by atoms with Crippen molar-refractivity contribution >= 4 is 17.7 Å². The maximum atomic E-state index is 12.2. The molecule has 1 rings (SSSR count). The molecule has 0 heterocycles. The number of nitrogens with two attached hydrogens (primary N) is 2. The van der Waals surface area contributed by atoms with Crippen LogP contribution < -0.4 is 11.5 Å². The van der Waals surface area contributed by atoms with E-state index in [0.29, 0.717) is 0 Å². The number of carbonyl (C=O) groups excluding carboxylic acids is 2. The van der Waals surface area contributed by atoms with Gasteiger partial charge in [0.15, 0.2) is 5.78 Å². The molecule has 7 nitrogen and oxygen atoms in total. The van der Waals surface area contributed by atoms with Crippen molar-refractivity contribution in [2.75, 3.05) is 0 Å². The van der Waals surface area contributed by atoms with Crippen molar-refractivity contribution in [3.8, 4) is 0 Å². The van der Waals surface area contributed by atoms with Crippen LogP contribution >= 0.6 is 0 Å². The summed E-state index contributed by atoms with van der Waals surface area (Å²) in [4.78, 5) is 34.9. The second-order valence-corrected chi connectivity index (χ2v) is 5.86. The van der Waals surface area contributed by atoms with E-state index in [1.54, 1.807) is 12.1 Å². The maximum Gasteiger partial charge on any atom is 0.321 e. The lowest BCUT2D eigenvalue weighted by atomic mass is 9.77. The molecule has 0 unspecified atom stereocenters. The quantitative estimate of drug-likeness (QED) is 0.592. The molecule has 23 heavy (non-hydrogen) atoms. The minimum absolute atomic E-state index is 0.0820. The third-order valence-corrected chi connectivity index (χ3v) is 3.64. The van der Waals surface area contributed by atoms with Gasteiger partial charge in [0.2, 0.25) is 0 Å². The lowest BCUT2D eigenvalue weighted by Crippen LogP contribution is -2.53. The smallest absolute Gasteiger partial charge is 0.321 e. The van der Waals surface area contributed by atoms with Crippen molar-refractivity contribution in [3.05, 3.63) is 35.9 Å². The van der Waals surface area contributed by atoms with E-state index in [1.165, 1.54) is 13.8 Å². The summed E-state index contributed by atoms with van der Waals surface area (Å²) in [5, 5.41) is 8.93. The van der Waals surface area contributed by atoms with E-state index in [2.05, 4.69) is 0 Å². The number of carboxylic acids is 1. The van der Waals surface area contributed by atoms with Gasteiger partial charge in [0, 0.05) is 0 Å². The van der Waals surface area contributed by atoms with Gasteiger partial charge < -0.3 is 21.3 Å². The maximum absolute atomic E-state index is 12.2. The molecule has 0 spiro atoms. The molecule has 0 radical (unpaired) electrons. The fourth-order valence-corrected chi connectivity index (χ4v) is 2.01. The molecule has 2 atom stereocenters. The molecule has 5 N–H and O–H groups in total. The molecule has 0 saturated heterocycles. The molecule has 1 aromatic carbocycles. The standard InChI is InChI=1S/C16H22N2O5/c1-16(2,13(18)15(21)22)14(20)11(17)8-12(19)23-9-10-6-4-3-5-7-10/h3-7,11,13H,8-9,17-18H2,1-2H3,(H,21,22)/t11-,13-/m0/s1. The fraction of sp³-hybridized carbons (Fsp3) is 0.438. The Morgan fingerprint density at radius 1 is 1.17 bits per heavy atom. The largest absolute Gasteiger partial charge is 0.480 e. The van der Waals surface area contributed by atoms with E-state index in [0.717, 1.165) is 5.56 Å². The zero-order valence-electron chi connectivity index (χ0n) is 13.2. The third kappa shape index (κ3) is 5.15. The second kappa shape index (κ2) is 7.85. The first-order valence-electron chi connectivity index (χ1n) is 7.14. The molecule has 0 aliphatic carbocycles. The van der Waals surface area contributed by atoms with Crippen molar-refractivity contribution in [1.82, 2.24) is 0 Å². The highest BCUT2D eigenvalue weighted by Gasteiger charge is 2.41. The highest BCUT2D eigenvalue weighted by atomic mass is 16.5. The molecule has 7 heteroatoms. The Morgan fingerprint density at radius 3 is 2.26 bits per heavy atom. The summed E-state index contributed by atoms with van der Waals surface area (Å²) in [6.45, 7) is 2.87. The monoisotopic (exact) mass is 322 g/mol. The second-order valence-electron chi connectivity index (χ2n) is 5.86. The first-order chi connectivity index (χ1) is 10.7. The van der Waals surface area contributed by atoms with Gasteiger partial charge in [0.1, 0.15) is 12.6 Å². The topological polar surface area (TPSA) is 133 Å². The van der Waals surface area contributed by atoms with Gasteiger partial charge in [-0.2, -0.15) is 0 Å². The summed E-state index contributed by atoms with van der Waals surface area (Å²) in [5.41, 5.74) is 10.6. The Labute approximate surface area is 134 Å². The van der Waals surface area contributed by atoms with Crippen LogP contribution in [0, 0.1) is 5.41 Å². The molecular weight excluding hydrogens is 300 g/mol.